The smallest absolute Gasteiger partial charge is 0.255 e. The van der Waals surface area contributed by atoms with Gasteiger partial charge in [-0.25, -0.2) is 0 Å². The molecule has 114 valence electrons. The van der Waals surface area contributed by atoms with Crippen molar-refractivity contribution in [2.24, 2.45) is 5.73 Å². The third-order valence-electron chi connectivity index (χ3n) is 4.42. The molecule has 4 nitrogen and oxygen atoms in total. The van der Waals surface area contributed by atoms with E-state index in [0.29, 0.717) is 5.56 Å². The van der Waals surface area contributed by atoms with Crippen LogP contribution in [-0.4, -0.2) is 16.4 Å². The SMILES string of the molecule is NC1(CCc2ccc(C(=O)Nc3ccncc3)cc2)CCC1. The molecule has 3 N–H and O–H groups in total. The minimum Gasteiger partial charge on any atom is -0.325 e. The molecule has 1 amide bonds. The maximum Gasteiger partial charge on any atom is 0.255 e. The minimum atomic E-state index is -0.105. The topological polar surface area (TPSA) is 68.0 Å². The van der Waals surface area contributed by atoms with Crippen molar-refractivity contribution in [2.45, 2.75) is 37.6 Å². The summed E-state index contributed by atoms with van der Waals surface area (Å²) >= 11 is 0. The molecule has 1 saturated carbocycles. The van der Waals surface area contributed by atoms with E-state index in [-0.39, 0.29) is 11.4 Å². The molecule has 1 aliphatic rings. The van der Waals surface area contributed by atoms with Crippen molar-refractivity contribution >= 4 is 11.6 Å². The quantitative estimate of drug-likeness (QED) is 0.890. The molecule has 1 fully saturated rings. The van der Waals surface area contributed by atoms with Crippen LogP contribution in [0.3, 0.4) is 0 Å². The molecule has 0 radical (unpaired) electrons. The highest BCUT2D eigenvalue weighted by Gasteiger charge is 2.31. The number of pyridine rings is 1. The van der Waals surface area contributed by atoms with Crippen LogP contribution in [0.4, 0.5) is 5.69 Å². The minimum absolute atomic E-state index is 0.0530. The lowest BCUT2D eigenvalue weighted by Crippen LogP contribution is -2.46. The second-order valence-electron chi connectivity index (χ2n) is 6.10. The largest absolute Gasteiger partial charge is 0.325 e. The summed E-state index contributed by atoms with van der Waals surface area (Å²) in [5, 5.41) is 2.85. The van der Waals surface area contributed by atoms with Gasteiger partial charge in [-0.1, -0.05) is 12.1 Å². The normalized spacial score (nSPS) is 15.9. The van der Waals surface area contributed by atoms with Crippen LogP contribution in [0.15, 0.2) is 48.8 Å². The Labute approximate surface area is 130 Å². The number of carbonyl (C=O) groups is 1. The van der Waals surface area contributed by atoms with E-state index in [0.717, 1.165) is 31.4 Å². The molecule has 0 unspecified atom stereocenters. The van der Waals surface area contributed by atoms with E-state index in [2.05, 4.69) is 10.3 Å². The van der Waals surface area contributed by atoms with Gasteiger partial charge in [-0.05, 0) is 61.9 Å². The molecule has 0 bridgehead atoms. The van der Waals surface area contributed by atoms with Gasteiger partial charge < -0.3 is 11.1 Å². The number of nitrogens with zero attached hydrogens (tertiary/aromatic N) is 1. The van der Waals surface area contributed by atoms with Crippen LogP contribution in [0.2, 0.25) is 0 Å². The Balaban J connectivity index is 1.57. The van der Waals surface area contributed by atoms with Crippen LogP contribution in [0, 0.1) is 0 Å². The summed E-state index contributed by atoms with van der Waals surface area (Å²) in [4.78, 5) is 16.1. The molecule has 1 heterocycles. The van der Waals surface area contributed by atoms with Crippen molar-refractivity contribution < 1.29 is 4.79 Å². The maximum atomic E-state index is 12.1. The zero-order valence-electron chi connectivity index (χ0n) is 12.6. The van der Waals surface area contributed by atoms with Crippen LogP contribution < -0.4 is 11.1 Å². The standard InChI is InChI=1S/C18H21N3O/c19-18(9-1-10-18)11-6-14-2-4-15(5-3-14)17(22)21-16-7-12-20-13-8-16/h2-5,7-8,12-13H,1,6,9-11,19H2,(H,20,21,22). The first-order valence-corrected chi connectivity index (χ1v) is 7.74. The average molecular weight is 295 g/mol. The Morgan fingerprint density at radius 1 is 1.14 bits per heavy atom. The van der Waals surface area contributed by atoms with Gasteiger partial charge in [0.05, 0.1) is 0 Å². The third kappa shape index (κ3) is 3.52. The molecule has 0 atom stereocenters. The van der Waals surface area contributed by atoms with Crippen LogP contribution in [0.5, 0.6) is 0 Å². The highest BCUT2D eigenvalue weighted by atomic mass is 16.1. The monoisotopic (exact) mass is 295 g/mol. The maximum absolute atomic E-state index is 12.1. The number of anilines is 1. The number of aryl methyl sites for hydroxylation is 1. The molecule has 1 aliphatic carbocycles. The summed E-state index contributed by atoms with van der Waals surface area (Å²) in [5.41, 5.74) is 8.94. The van der Waals surface area contributed by atoms with Crippen LogP contribution in [-0.2, 0) is 6.42 Å². The Kier molecular flexibility index (Phi) is 4.20. The Morgan fingerprint density at radius 3 is 2.41 bits per heavy atom. The third-order valence-corrected chi connectivity index (χ3v) is 4.42. The Hall–Kier alpha value is -2.20. The Bertz CT molecular complexity index is 633. The van der Waals surface area contributed by atoms with Gasteiger partial charge in [-0.2, -0.15) is 0 Å². The number of hydrogen-bond donors (Lipinski definition) is 2. The van der Waals surface area contributed by atoms with Crippen molar-refractivity contribution in [3.63, 3.8) is 0 Å². The molecule has 4 heteroatoms. The number of nitrogens with one attached hydrogen (secondary N) is 1. The van der Waals surface area contributed by atoms with E-state index in [1.54, 1.807) is 24.5 Å². The lowest BCUT2D eigenvalue weighted by Gasteiger charge is -2.38. The van der Waals surface area contributed by atoms with E-state index < -0.39 is 0 Å². The zero-order chi connectivity index (χ0) is 15.4. The molecular formula is C18H21N3O. The van der Waals surface area contributed by atoms with Gasteiger partial charge >= 0.3 is 0 Å². The molecule has 22 heavy (non-hydrogen) atoms. The predicted molar refractivity (Wildman–Crippen MR) is 87.7 cm³/mol. The van der Waals surface area contributed by atoms with Crippen LogP contribution in [0.1, 0.15) is 41.6 Å². The number of nitrogens with two attached hydrogens (primary N) is 1. The lowest BCUT2D eigenvalue weighted by molar-refractivity contribution is 0.102. The summed E-state index contributed by atoms with van der Waals surface area (Å²) in [6.07, 6.45) is 8.84. The van der Waals surface area contributed by atoms with E-state index >= 15 is 0 Å². The second kappa shape index (κ2) is 6.28. The molecule has 3 rings (SSSR count). The van der Waals surface area contributed by atoms with Gasteiger partial charge in [-0.15, -0.1) is 0 Å². The number of hydrogen-bond acceptors (Lipinski definition) is 3. The molecule has 0 aliphatic heterocycles. The van der Waals surface area contributed by atoms with E-state index in [1.807, 2.05) is 24.3 Å². The summed E-state index contributed by atoms with van der Waals surface area (Å²) in [6, 6.07) is 11.3. The Morgan fingerprint density at radius 2 is 1.82 bits per heavy atom. The van der Waals surface area contributed by atoms with Crippen molar-refractivity contribution in [3.05, 3.63) is 59.9 Å². The molecular weight excluding hydrogens is 274 g/mol. The first kappa shape index (κ1) is 14.7. The van der Waals surface area contributed by atoms with Gasteiger partial charge in [0.15, 0.2) is 0 Å². The lowest BCUT2D eigenvalue weighted by atomic mass is 9.74. The van der Waals surface area contributed by atoms with Crippen molar-refractivity contribution in [1.29, 1.82) is 0 Å². The summed E-state index contributed by atoms with van der Waals surface area (Å²) < 4.78 is 0. The first-order valence-electron chi connectivity index (χ1n) is 7.74. The van der Waals surface area contributed by atoms with Gasteiger partial charge in [-0.3, -0.25) is 9.78 Å². The molecule has 1 aromatic heterocycles. The fourth-order valence-corrected chi connectivity index (χ4v) is 2.74. The van der Waals surface area contributed by atoms with Crippen molar-refractivity contribution in [1.82, 2.24) is 4.98 Å². The van der Waals surface area contributed by atoms with E-state index in [1.165, 1.54) is 12.0 Å². The summed E-state index contributed by atoms with van der Waals surface area (Å²) in [7, 11) is 0. The van der Waals surface area contributed by atoms with Crippen LogP contribution in [0.25, 0.3) is 0 Å². The summed E-state index contributed by atoms with van der Waals surface area (Å²) in [5.74, 6) is -0.105. The highest BCUT2D eigenvalue weighted by Crippen LogP contribution is 2.33. The van der Waals surface area contributed by atoms with Gasteiger partial charge in [0.1, 0.15) is 0 Å². The highest BCUT2D eigenvalue weighted by molar-refractivity contribution is 6.04. The van der Waals surface area contributed by atoms with E-state index in [4.69, 9.17) is 5.73 Å². The first-order chi connectivity index (χ1) is 10.6. The molecule has 1 aromatic carbocycles. The average Bonchev–Trinajstić information content (AvgIpc) is 2.52. The van der Waals surface area contributed by atoms with Crippen molar-refractivity contribution in [3.8, 4) is 0 Å². The number of benzene rings is 1. The molecule has 0 saturated heterocycles. The van der Waals surface area contributed by atoms with Gasteiger partial charge in [0, 0.05) is 29.2 Å². The fraction of sp³-hybridized carbons (Fsp3) is 0.333. The number of rotatable bonds is 5. The van der Waals surface area contributed by atoms with Gasteiger partial charge in [0.2, 0.25) is 0 Å². The molecule has 0 spiro atoms. The van der Waals surface area contributed by atoms with Gasteiger partial charge in [0.25, 0.3) is 5.91 Å². The fourth-order valence-electron chi connectivity index (χ4n) is 2.74. The van der Waals surface area contributed by atoms with Crippen LogP contribution >= 0.6 is 0 Å². The molecule has 2 aromatic rings. The second-order valence-corrected chi connectivity index (χ2v) is 6.10. The predicted octanol–water partition coefficient (Wildman–Crippen LogP) is 3.15. The number of aromatic nitrogens is 1. The zero-order valence-corrected chi connectivity index (χ0v) is 12.6. The number of carbonyl (C=O) groups excluding carboxylic acids is 1. The van der Waals surface area contributed by atoms with E-state index in [9.17, 15) is 4.79 Å². The summed E-state index contributed by atoms with van der Waals surface area (Å²) in [6.45, 7) is 0. The van der Waals surface area contributed by atoms with Crippen molar-refractivity contribution in [2.75, 3.05) is 5.32 Å². The number of amides is 1.